The second-order valence-electron chi connectivity index (χ2n) is 4.05. The number of anilines is 1. The third-order valence-corrected chi connectivity index (χ3v) is 3.27. The van der Waals surface area contributed by atoms with Crippen LogP contribution in [-0.2, 0) is 11.3 Å². The number of hydrogen-bond donors (Lipinski definition) is 1. The van der Waals surface area contributed by atoms with Crippen molar-refractivity contribution in [2.45, 2.75) is 19.6 Å². The lowest BCUT2D eigenvalue weighted by Gasteiger charge is -2.03. The molecule has 102 valence electrons. The smallest absolute Gasteiger partial charge is 0.359 e. The van der Waals surface area contributed by atoms with Gasteiger partial charge in [-0.1, -0.05) is 30.3 Å². The Morgan fingerprint density at radius 1 is 1.50 bits per heavy atom. The summed E-state index contributed by atoms with van der Waals surface area (Å²) in [5.74, 6) is -0.580. The Balaban J connectivity index is 1.92. The van der Waals surface area contributed by atoms with Crippen LogP contribution in [0.1, 0.15) is 23.0 Å². The highest BCUT2D eigenvalue weighted by atomic mass is 32.1. The summed E-state index contributed by atoms with van der Waals surface area (Å²) < 4.78 is 4.88. The lowest BCUT2D eigenvalue weighted by Crippen LogP contribution is -2.13. The standard InChI is InChI=1S/C14H13N3O2S/c1-10(7-15)19-13(18)12-9-20-14(17-12)16-8-11-5-3-2-4-6-11/h2-6,9-10H,8H2,1H3,(H,16,17)/t10-/m0/s1. The summed E-state index contributed by atoms with van der Waals surface area (Å²) in [5, 5.41) is 14.0. The van der Waals surface area contributed by atoms with Gasteiger partial charge in [0, 0.05) is 11.9 Å². The number of thiazole rings is 1. The van der Waals surface area contributed by atoms with E-state index in [2.05, 4.69) is 10.3 Å². The first-order valence-electron chi connectivity index (χ1n) is 6.03. The van der Waals surface area contributed by atoms with Gasteiger partial charge in [-0.25, -0.2) is 9.78 Å². The second-order valence-corrected chi connectivity index (χ2v) is 4.91. The van der Waals surface area contributed by atoms with Gasteiger partial charge in [0.2, 0.25) is 0 Å². The molecule has 1 aromatic heterocycles. The molecular formula is C14H13N3O2S. The molecule has 2 rings (SSSR count). The number of rotatable bonds is 5. The van der Waals surface area contributed by atoms with Crippen LogP contribution in [0.3, 0.4) is 0 Å². The highest BCUT2D eigenvalue weighted by Crippen LogP contribution is 2.17. The minimum atomic E-state index is -0.773. The van der Waals surface area contributed by atoms with Crippen molar-refractivity contribution in [3.05, 3.63) is 47.0 Å². The van der Waals surface area contributed by atoms with Gasteiger partial charge in [0.05, 0.1) is 0 Å². The Labute approximate surface area is 120 Å². The van der Waals surface area contributed by atoms with Crippen molar-refractivity contribution in [3.63, 3.8) is 0 Å². The van der Waals surface area contributed by atoms with E-state index in [1.165, 1.54) is 18.3 Å². The van der Waals surface area contributed by atoms with Crippen LogP contribution in [0.2, 0.25) is 0 Å². The monoisotopic (exact) mass is 287 g/mol. The van der Waals surface area contributed by atoms with Gasteiger partial charge in [-0.05, 0) is 12.5 Å². The normalized spacial score (nSPS) is 11.4. The van der Waals surface area contributed by atoms with Gasteiger partial charge in [-0.15, -0.1) is 11.3 Å². The summed E-state index contributed by atoms with van der Waals surface area (Å²) in [6.07, 6.45) is -0.773. The van der Waals surface area contributed by atoms with E-state index >= 15 is 0 Å². The molecule has 6 heteroatoms. The molecule has 1 aromatic carbocycles. The molecule has 0 spiro atoms. The number of aromatic nitrogens is 1. The molecule has 1 N–H and O–H groups in total. The van der Waals surface area contributed by atoms with E-state index in [9.17, 15) is 4.79 Å². The minimum absolute atomic E-state index is 0.215. The summed E-state index contributed by atoms with van der Waals surface area (Å²) in [6.45, 7) is 2.15. The first kappa shape index (κ1) is 14.0. The van der Waals surface area contributed by atoms with E-state index in [1.54, 1.807) is 5.38 Å². The Morgan fingerprint density at radius 2 is 2.25 bits per heavy atom. The molecule has 0 unspecified atom stereocenters. The first-order chi connectivity index (χ1) is 9.69. The van der Waals surface area contributed by atoms with Gasteiger partial charge in [0.25, 0.3) is 0 Å². The number of nitrogens with one attached hydrogen (secondary N) is 1. The topological polar surface area (TPSA) is 75.0 Å². The number of nitriles is 1. The maximum absolute atomic E-state index is 11.6. The molecule has 2 aromatic rings. The molecule has 0 saturated carbocycles. The Hall–Kier alpha value is -2.39. The number of carbonyl (C=O) groups is 1. The van der Waals surface area contributed by atoms with Crippen molar-refractivity contribution in [1.82, 2.24) is 4.98 Å². The van der Waals surface area contributed by atoms with E-state index < -0.39 is 12.1 Å². The second kappa shape index (κ2) is 6.68. The van der Waals surface area contributed by atoms with Gasteiger partial charge in [-0.3, -0.25) is 0 Å². The van der Waals surface area contributed by atoms with E-state index in [4.69, 9.17) is 10.00 Å². The zero-order valence-corrected chi connectivity index (χ0v) is 11.7. The van der Waals surface area contributed by atoms with E-state index in [0.29, 0.717) is 11.7 Å². The molecule has 0 fully saturated rings. The number of hydrogen-bond acceptors (Lipinski definition) is 6. The molecule has 0 amide bonds. The Morgan fingerprint density at radius 3 is 2.95 bits per heavy atom. The molecule has 20 heavy (non-hydrogen) atoms. The Kier molecular flexibility index (Phi) is 4.69. The first-order valence-corrected chi connectivity index (χ1v) is 6.91. The van der Waals surface area contributed by atoms with Crippen LogP contribution in [-0.4, -0.2) is 17.1 Å². The van der Waals surface area contributed by atoms with Crippen LogP contribution in [0.5, 0.6) is 0 Å². The van der Waals surface area contributed by atoms with Crippen LogP contribution in [0.4, 0.5) is 5.13 Å². The number of ether oxygens (including phenoxy) is 1. The van der Waals surface area contributed by atoms with E-state index in [0.717, 1.165) is 5.56 Å². The molecule has 0 aliphatic rings. The molecule has 0 aliphatic heterocycles. The van der Waals surface area contributed by atoms with E-state index in [1.807, 2.05) is 36.4 Å². The van der Waals surface area contributed by atoms with Crippen LogP contribution in [0.25, 0.3) is 0 Å². The van der Waals surface area contributed by atoms with Gasteiger partial charge in [-0.2, -0.15) is 5.26 Å². The van der Waals surface area contributed by atoms with Crippen molar-refractivity contribution < 1.29 is 9.53 Å². The van der Waals surface area contributed by atoms with Crippen LogP contribution in [0, 0.1) is 11.3 Å². The largest absolute Gasteiger partial charge is 0.442 e. The predicted octanol–water partition coefficient (Wildman–Crippen LogP) is 2.82. The van der Waals surface area contributed by atoms with Crippen molar-refractivity contribution in [2.75, 3.05) is 5.32 Å². The number of nitrogens with zero attached hydrogens (tertiary/aromatic N) is 2. The fraction of sp³-hybridized carbons (Fsp3) is 0.214. The summed E-state index contributed by atoms with van der Waals surface area (Å²) in [6, 6.07) is 11.7. The van der Waals surface area contributed by atoms with Crippen molar-refractivity contribution in [2.24, 2.45) is 0 Å². The highest BCUT2D eigenvalue weighted by Gasteiger charge is 2.15. The fourth-order valence-electron chi connectivity index (χ4n) is 1.47. The molecule has 1 atom stereocenters. The Bertz CT molecular complexity index is 619. The molecule has 0 radical (unpaired) electrons. The van der Waals surface area contributed by atoms with Gasteiger partial charge >= 0.3 is 5.97 Å². The molecular weight excluding hydrogens is 274 g/mol. The van der Waals surface area contributed by atoms with Gasteiger partial charge in [0.15, 0.2) is 16.9 Å². The molecule has 5 nitrogen and oxygen atoms in total. The summed E-state index contributed by atoms with van der Waals surface area (Å²) in [4.78, 5) is 15.8. The zero-order chi connectivity index (χ0) is 14.4. The maximum atomic E-state index is 11.6. The lowest BCUT2D eigenvalue weighted by molar-refractivity contribution is 0.0429. The van der Waals surface area contributed by atoms with Crippen LogP contribution >= 0.6 is 11.3 Å². The highest BCUT2D eigenvalue weighted by molar-refractivity contribution is 7.13. The predicted molar refractivity (Wildman–Crippen MR) is 76.4 cm³/mol. The molecule has 0 aliphatic carbocycles. The molecule has 0 saturated heterocycles. The summed E-state index contributed by atoms with van der Waals surface area (Å²) in [7, 11) is 0. The third kappa shape index (κ3) is 3.80. The maximum Gasteiger partial charge on any atom is 0.359 e. The van der Waals surface area contributed by atoms with Gasteiger partial charge < -0.3 is 10.1 Å². The number of esters is 1. The number of benzene rings is 1. The summed E-state index contributed by atoms with van der Waals surface area (Å²) >= 11 is 1.33. The van der Waals surface area contributed by atoms with Crippen molar-refractivity contribution >= 4 is 22.4 Å². The van der Waals surface area contributed by atoms with Crippen molar-refractivity contribution in [3.8, 4) is 6.07 Å². The van der Waals surface area contributed by atoms with Crippen LogP contribution in [0.15, 0.2) is 35.7 Å². The quantitative estimate of drug-likeness (QED) is 0.856. The zero-order valence-electron chi connectivity index (χ0n) is 10.9. The molecule has 0 bridgehead atoms. The average Bonchev–Trinajstić information content (AvgIpc) is 2.95. The number of carbonyl (C=O) groups excluding carboxylic acids is 1. The average molecular weight is 287 g/mol. The minimum Gasteiger partial charge on any atom is -0.442 e. The van der Waals surface area contributed by atoms with Crippen molar-refractivity contribution in [1.29, 1.82) is 5.26 Å². The van der Waals surface area contributed by atoms with Gasteiger partial charge in [0.1, 0.15) is 6.07 Å². The summed E-state index contributed by atoms with van der Waals surface area (Å²) in [5.41, 5.74) is 1.34. The SMILES string of the molecule is C[C@@H](C#N)OC(=O)c1csc(NCc2ccccc2)n1. The fourth-order valence-corrected chi connectivity index (χ4v) is 2.15. The van der Waals surface area contributed by atoms with E-state index in [-0.39, 0.29) is 5.69 Å². The lowest BCUT2D eigenvalue weighted by atomic mass is 10.2. The third-order valence-electron chi connectivity index (χ3n) is 2.47. The van der Waals surface area contributed by atoms with Crippen LogP contribution < -0.4 is 5.32 Å². The molecule has 1 heterocycles.